The van der Waals surface area contributed by atoms with E-state index in [4.69, 9.17) is 0 Å². The number of hydrogen-bond acceptors (Lipinski definition) is 0. The second-order valence-corrected chi connectivity index (χ2v) is 8.81. The molecule has 2 heteroatoms. The van der Waals surface area contributed by atoms with Gasteiger partial charge in [0.1, 0.15) is 0 Å². The average molecular weight is 489 g/mol. The van der Waals surface area contributed by atoms with E-state index in [9.17, 15) is 0 Å². The Bertz CT molecular complexity index is 475. The van der Waals surface area contributed by atoms with Crippen molar-refractivity contribution in [3.05, 3.63) is 34.9 Å². The molecule has 2 radical (unpaired) electrons. The molecule has 0 bridgehead atoms. The molecule has 3 rings (SSSR count). The average Bonchev–Trinajstić information content (AvgIpc) is 2.50. The van der Waals surface area contributed by atoms with Crippen molar-refractivity contribution in [2.24, 2.45) is 23.7 Å². The van der Waals surface area contributed by atoms with Crippen molar-refractivity contribution < 1.29 is 65.4 Å². The van der Waals surface area contributed by atoms with Gasteiger partial charge in [0.2, 0.25) is 0 Å². The minimum absolute atomic E-state index is 0. The van der Waals surface area contributed by atoms with Crippen LogP contribution in [-0.4, -0.2) is 0 Å². The molecule has 2 saturated carbocycles. The van der Waals surface area contributed by atoms with E-state index in [1.165, 1.54) is 75.3 Å². The minimum Gasteiger partial charge on any atom is -0.177 e. The zero-order valence-corrected chi connectivity index (χ0v) is 22.4. The summed E-state index contributed by atoms with van der Waals surface area (Å²) in [5, 5.41) is 0. The molecule has 134 valence electrons. The molecule has 0 unspecified atom stereocenters. The van der Waals surface area contributed by atoms with Crippen molar-refractivity contribution in [3.8, 4) is 0 Å². The van der Waals surface area contributed by atoms with Gasteiger partial charge in [-0.3, -0.25) is 0 Å². The van der Waals surface area contributed by atoms with Gasteiger partial charge >= 0.3 is 0 Å². The summed E-state index contributed by atoms with van der Waals surface area (Å²) in [6.45, 7) is 6.79. The van der Waals surface area contributed by atoms with Crippen LogP contribution in [0.5, 0.6) is 0 Å². The smallest absolute Gasteiger partial charge is 0 e. The fourth-order valence-corrected chi connectivity index (χ4v) is 5.14. The quantitative estimate of drug-likeness (QED) is 0.415. The van der Waals surface area contributed by atoms with Crippen LogP contribution in [0.3, 0.4) is 0 Å². The van der Waals surface area contributed by atoms with Crippen LogP contribution >= 0.6 is 0 Å². The Morgan fingerprint density at radius 2 is 1.20 bits per heavy atom. The second-order valence-electron chi connectivity index (χ2n) is 8.81. The van der Waals surface area contributed by atoms with E-state index in [0.717, 1.165) is 23.7 Å². The van der Waals surface area contributed by atoms with Crippen molar-refractivity contribution in [2.45, 2.75) is 85.0 Å². The molecule has 2 aliphatic carbocycles. The standard InChI is InChI=1S/C23H35.2Y/c1-17-4-6-20(7-5-17)15-21-8-10-22(11-9-21)16-23-13-18(2)12-19(3)14-23;;/h13-14,17,20-22H,4-11,15-16H2,1-3H3;;/q-1;;. The van der Waals surface area contributed by atoms with Crippen molar-refractivity contribution in [1.29, 1.82) is 0 Å². The van der Waals surface area contributed by atoms with E-state index in [1.54, 1.807) is 5.56 Å². The van der Waals surface area contributed by atoms with Crippen LogP contribution in [0.15, 0.2) is 12.1 Å². The van der Waals surface area contributed by atoms with E-state index in [0.29, 0.717) is 0 Å². The summed E-state index contributed by atoms with van der Waals surface area (Å²) in [5.41, 5.74) is 4.16. The Balaban J connectivity index is 0.00000156. The van der Waals surface area contributed by atoms with Crippen LogP contribution in [0, 0.1) is 43.6 Å². The van der Waals surface area contributed by atoms with Crippen molar-refractivity contribution >= 4 is 0 Å². The van der Waals surface area contributed by atoms with Gasteiger partial charge in [0, 0.05) is 65.4 Å². The Hall–Kier alpha value is 1.43. The van der Waals surface area contributed by atoms with Crippen LogP contribution < -0.4 is 0 Å². The first-order chi connectivity index (χ1) is 11.1. The van der Waals surface area contributed by atoms with Crippen LogP contribution in [-0.2, 0) is 71.8 Å². The molecule has 0 heterocycles. The van der Waals surface area contributed by atoms with Gasteiger partial charge in [-0.25, -0.2) is 0 Å². The predicted molar refractivity (Wildman–Crippen MR) is 99.6 cm³/mol. The summed E-state index contributed by atoms with van der Waals surface area (Å²) in [6.07, 6.45) is 14.8. The largest absolute Gasteiger partial charge is 0.177 e. The zero-order chi connectivity index (χ0) is 16.2. The van der Waals surface area contributed by atoms with Crippen LogP contribution in [0.1, 0.15) is 81.4 Å². The molecule has 0 spiro atoms. The fourth-order valence-electron chi connectivity index (χ4n) is 5.14. The number of hydrogen-bond donors (Lipinski definition) is 0. The third kappa shape index (κ3) is 8.13. The molecule has 0 nitrogen and oxygen atoms in total. The van der Waals surface area contributed by atoms with E-state index >= 15 is 0 Å². The predicted octanol–water partition coefficient (Wildman–Crippen LogP) is 6.66. The van der Waals surface area contributed by atoms with Gasteiger partial charge in [-0.15, -0.1) is 0 Å². The zero-order valence-electron chi connectivity index (χ0n) is 16.7. The van der Waals surface area contributed by atoms with Gasteiger partial charge in [-0.05, 0) is 49.4 Å². The molecular formula is C23H35Y2-. The Morgan fingerprint density at radius 3 is 1.72 bits per heavy atom. The molecule has 0 saturated heterocycles. The third-order valence-electron chi connectivity index (χ3n) is 6.49. The number of benzene rings is 1. The summed E-state index contributed by atoms with van der Waals surface area (Å²) in [5.74, 6) is 4.02. The Kier molecular flexibility index (Phi) is 11.8. The summed E-state index contributed by atoms with van der Waals surface area (Å²) >= 11 is 0. The summed E-state index contributed by atoms with van der Waals surface area (Å²) in [7, 11) is 0. The van der Waals surface area contributed by atoms with Crippen LogP contribution in [0.25, 0.3) is 0 Å². The van der Waals surface area contributed by atoms with E-state index in [2.05, 4.69) is 39.0 Å². The van der Waals surface area contributed by atoms with Gasteiger partial charge in [-0.1, -0.05) is 59.3 Å². The summed E-state index contributed by atoms with van der Waals surface area (Å²) in [4.78, 5) is 0. The van der Waals surface area contributed by atoms with Gasteiger partial charge in [-0.2, -0.15) is 34.9 Å². The Morgan fingerprint density at radius 1 is 0.760 bits per heavy atom. The molecule has 0 aromatic heterocycles. The molecule has 0 aliphatic heterocycles. The summed E-state index contributed by atoms with van der Waals surface area (Å²) < 4.78 is 0. The van der Waals surface area contributed by atoms with E-state index in [-0.39, 0.29) is 65.4 Å². The van der Waals surface area contributed by atoms with Crippen molar-refractivity contribution in [2.75, 3.05) is 0 Å². The molecule has 0 amide bonds. The number of aryl methyl sites for hydroxylation is 2. The molecule has 2 aliphatic rings. The minimum atomic E-state index is 0. The first-order valence-electron chi connectivity index (χ1n) is 10.1. The maximum Gasteiger partial charge on any atom is 0 e. The molecule has 1 aromatic rings. The first-order valence-corrected chi connectivity index (χ1v) is 10.1. The fraction of sp³-hybridized carbons (Fsp3) is 0.739. The first kappa shape index (κ1) is 24.5. The molecule has 25 heavy (non-hydrogen) atoms. The molecule has 1 aromatic carbocycles. The SMILES string of the molecule is Cc1[c-]c(C)cc(CC2CCC(CC3CCC(C)CC3)CC2)c1.[Y].[Y]. The third-order valence-corrected chi connectivity index (χ3v) is 6.49. The Labute approximate surface area is 206 Å². The van der Waals surface area contributed by atoms with Gasteiger partial charge in [0.05, 0.1) is 0 Å². The topological polar surface area (TPSA) is 0 Å². The van der Waals surface area contributed by atoms with Crippen LogP contribution in [0.4, 0.5) is 0 Å². The maximum atomic E-state index is 3.40. The van der Waals surface area contributed by atoms with E-state index in [1.807, 2.05) is 0 Å². The molecule has 0 atom stereocenters. The molecular weight excluding hydrogens is 454 g/mol. The monoisotopic (exact) mass is 489 g/mol. The maximum absolute atomic E-state index is 3.40. The van der Waals surface area contributed by atoms with Gasteiger partial charge < -0.3 is 0 Å². The molecule has 2 fully saturated rings. The van der Waals surface area contributed by atoms with Crippen molar-refractivity contribution in [3.63, 3.8) is 0 Å². The van der Waals surface area contributed by atoms with Crippen LogP contribution in [0.2, 0.25) is 0 Å². The second kappa shape index (κ2) is 12.1. The number of rotatable bonds is 4. The van der Waals surface area contributed by atoms with Gasteiger partial charge in [0.15, 0.2) is 0 Å². The van der Waals surface area contributed by atoms with Gasteiger partial charge in [0.25, 0.3) is 0 Å². The summed E-state index contributed by atoms with van der Waals surface area (Å²) in [6, 6.07) is 8.10. The molecule has 0 N–H and O–H groups in total. The van der Waals surface area contributed by atoms with E-state index < -0.39 is 0 Å². The van der Waals surface area contributed by atoms with Crippen molar-refractivity contribution in [1.82, 2.24) is 0 Å². The normalized spacial score (nSPS) is 29.4.